The van der Waals surface area contributed by atoms with Gasteiger partial charge in [-0.25, -0.2) is 13.9 Å². The summed E-state index contributed by atoms with van der Waals surface area (Å²) >= 11 is 0. The van der Waals surface area contributed by atoms with Gasteiger partial charge in [0.25, 0.3) is 5.91 Å². The van der Waals surface area contributed by atoms with E-state index >= 15 is 0 Å². The number of anilines is 1. The first-order valence-electron chi connectivity index (χ1n) is 9.53. The first kappa shape index (κ1) is 22.7. The summed E-state index contributed by atoms with van der Waals surface area (Å²) in [5.41, 5.74) is 2.24. The number of halogens is 2. The molecule has 0 saturated carbocycles. The Morgan fingerprint density at radius 2 is 1.73 bits per heavy atom. The molecule has 1 aromatic rings. The number of sulfonamides is 1. The molecule has 9 nitrogen and oxygen atoms in total. The summed E-state index contributed by atoms with van der Waals surface area (Å²) in [5, 5.41) is 9.11. The number of hydrogen-bond donors (Lipinski definition) is 2. The van der Waals surface area contributed by atoms with Gasteiger partial charge in [0.15, 0.2) is 4.75 Å². The third kappa shape index (κ3) is 4.51. The molecule has 3 rings (SSSR count). The van der Waals surface area contributed by atoms with Gasteiger partial charge in [-0.2, -0.15) is 13.1 Å². The van der Waals surface area contributed by atoms with Crippen molar-refractivity contribution in [1.82, 2.24) is 9.79 Å². The lowest BCUT2D eigenvalue weighted by atomic mass is 9.98. The number of rotatable bonds is 6. The first-order valence-corrected chi connectivity index (χ1v) is 11.0. The molecule has 168 valence electrons. The highest BCUT2D eigenvalue weighted by Gasteiger charge is 2.54. The zero-order chi connectivity index (χ0) is 22.0. The van der Waals surface area contributed by atoms with Crippen LogP contribution in [0.1, 0.15) is 19.8 Å². The van der Waals surface area contributed by atoms with Crippen LogP contribution in [0.2, 0.25) is 0 Å². The second-order valence-electron chi connectivity index (χ2n) is 7.34. The van der Waals surface area contributed by atoms with Crippen molar-refractivity contribution in [3.05, 3.63) is 24.3 Å². The predicted molar refractivity (Wildman–Crippen MR) is 103 cm³/mol. The minimum Gasteiger partial charge on any atom is -0.433 e. The number of amides is 1. The number of carbonyl (C=O) groups is 1. The van der Waals surface area contributed by atoms with Crippen LogP contribution in [0.3, 0.4) is 0 Å². The second kappa shape index (κ2) is 8.61. The SMILES string of the molecule is CC(F)(F)Oc1ccc(N2CCN(S(=O)(=O)C3(C(=O)NO)CCOCC3)CC2)cc1. The molecule has 0 aromatic heterocycles. The van der Waals surface area contributed by atoms with Crippen LogP contribution in [0.15, 0.2) is 24.3 Å². The molecule has 0 aliphatic carbocycles. The molecule has 0 bridgehead atoms. The fourth-order valence-corrected chi connectivity index (χ4v) is 5.87. The van der Waals surface area contributed by atoms with Gasteiger partial charge in [0.2, 0.25) is 10.0 Å². The molecular formula is C18H25F2N3O6S. The molecule has 0 unspecified atom stereocenters. The number of ether oxygens (including phenoxy) is 2. The molecule has 2 fully saturated rings. The number of piperazine rings is 1. The third-order valence-electron chi connectivity index (χ3n) is 5.39. The van der Waals surface area contributed by atoms with Crippen LogP contribution in [-0.2, 0) is 19.6 Å². The van der Waals surface area contributed by atoms with Gasteiger partial charge in [-0.1, -0.05) is 0 Å². The van der Waals surface area contributed by atoms with Gasteiger partial charge in [0.1, 0.15) is 5.75 Å². The summed E-state index contributed by atoms with van der Waals surface area (Å²) in [7, 11) is -4.04. The Morgan fingerprint density at radius 3 is 2.23 bits per heavy atom. The summed E-state index contributed by atoms with van der Waals surface area (Å²) in [6.07, 6.45) is -3.35. The van der Waals surface area contributed by atoms with Crippen LogP contribution >= 0.6 is 0 Å². The molecule has 0 atom stereocenters. The average molecular weight is 449 g/mol. The molecular weight excluding hydrogens is 424 g/mol. The Bertz CT molecular complexity index is 846. The minimum atomic E-state index is -4.04. The van der Waals surface area contributed by atoms with E-state index < -0.39 is 26.8 Å². The van der Waals surface area contributed by atoms with Crippen molar-refractivity contribution in [2.24, 2.45) is 0 Å². The van der Waals surface area contributed by atoms with E-state index in [0.29, 0.717) is 20.0 Å². The van der Waals surface area contributed by atoms with Crippen molar-refractivity contribution in [3.8, 4) is 5.75 Å². The number of nitrogens with zero attached hydrogens (tertiary/aromatic N) is 2. The van der Waals surface area contributed by atoms with Crippen LogP contribution in [0.4, 0.5) is 14.5 Å². The fourth-order valence-electron chi connectivity index (χ4n) is 3.77. The number of benzene rings is 1. The lowest BCUT2D eigenvalue weighted by molar-refractivity contribution is -0.158. The van der Waals surface area contributed by atoms with Gasteiger partial charge in [0, 0.05) is 64.8 Å². The zero-order valence-corrected chi connectivity index (χ0v) is 17.3. The van der Waals surface area contributed by atoms with Crippen molar-refractivity contribution < 1.29 is 36.7 Å². The molecule has 2 saturated heterocycles. The van der Waals surface area contributed by atoms with Crippen LogP contribution in [0.5, 0.6) is 5.75 Å². The van der Waals surface area contributed by atoms with Crippen LogP contribution < -0.4 is 15.1 Å². The number of hydrogen-bond acceptors (Lipinski definition) is 7. The van der Waals surface area contributed by atoms with Gasteiger partial charge >= 0.3 is 6.11 Å². The van der Waals surface area contributed by atoms with E-state index in [1.807, 2.05) is 4.90 Å². The Balaban J connectivity index is 1.69. The summed E-state index contributed by atoms with van der Waals surface area (Å²) in [5.74, 6) is -0.916. The van der Waals surface area contributed by atoms with Gasteiger partial charge in [-0.3, -0.25) is 10.0 Å². The molecule has 2 aliphatic heterocycles. The first-order chi connectivity index (χ1) is 14.1. The third-order valence-corrected chi connectivity index (χ3v) is 8.01. The fraction of sp³-hybridized carbons (Fsp3) is 0.611. The minimum absolute atomic E-state index is 0.0314. The van der Waals surface area contributed by atoms with Gasteiger partial charge < -0.3 is 14.4 Å². The van der Waals surface area contributed by atoms with E-state index in [4.69, 9.17) is 9.94 Å². The quantitative estimate of drug-likeness (QED) is 0.496. The monoisotopic (exact) mass is 449 g/mol. The maximum Gasteiger partial charge on any atom is 0.394 e. The highest BCUT2D eigenvalue weighted by Crippen LogP contribution is 2.34. The van der Waals surface area contributed by atoms with Crippen molar-refractivity contribution >= 4 is 21.6 Å². The Morgan fingerprint density at radius 1 is 1.17 bits per heavy atom. The van der Waals surface area contributed by atoms with E-state index in [-0.39, 0.29) is 44.9 Å². The predicted octanol–water partition coefficient (Wildman–Crippen LogP) is 1.18. The topological polar surface area (TPSA) is 108 Å². The summed E-state index contributed by atoms with van der Waals surface area (Å²) in [4.78, 5) is 14.2. The van der Waals surface area contributed by atoms with Crippen molar-refractivity contribution in [1.29, 1.82) is 0 Å². The van der Waals surface area contributed by atoms with Gasteiger partial charge in [-0.15, -0.1) is 0 Å². The summed E-state index contributed by atoms with van der Waals surface area (Å²) < 4.78 is 61.6. The maximum absolute atomic E-state index is 13.3. The number of hydroxylamine groups is 1. The largest absolute Gasteiger partial charge is 0.433 e. The molecule has 1 aromatic carbocycles. The second-order valence-corrected chi connectivity index (χ2v) is 9.59. The Kier molecular flexibility index (Phi) is 6.51. The highest BCUT2D eigenvalue weighted by molar-refractivity contribution is 7.91. The molecule has 2 N–H and O–H groups in total. The zero-order valence-electron chi connectivity index (χ0n) is 16.5. The molecule has 2 aliphatic rings. The molecule has 12 heteroatoms. The van der Waals surface area contributed by atoms with Crippen molar-refractivity contribution in [2.45, 2.75) is 30.6 Å². The van der Waals surface area contributed by atoms with E-state index in [1.54, 1.807) is 12.1 Å². The van der Waals surface area contributed by atoms with Gasteiger partial charge in [0.05, 0.1) is 0 Å². The number of nitrogens with one attached hydrogen (secondary N) is 1. The summed E-state index contributed by atoms with van der Waals surface area (Å²) in [6, 6.07) is 6.12. The normalized spacial score (nSPS) is 20.6. The Hall–Kier alpha value is -2.02. The molecule has 30 heavy (non-hydrogen) atoms. The van der Waals surface area contributed by atoms with Crippen LogP contribution in [-0.4, -0.2) is 74.1 Å². The Labute approximate surface area is 173 Å². The van der Waals surface area contributed by atoms with E-state index in [1.165, 1.54) is 21.9 Å². The van der Waals surface area contributed by atoms with Crippen LogP contribution in [0.25, 0.3) is 0 Å². The van der Waals surface area contributed by atoms with E-state index in [9.17, 15) is 22.0 Å². The highest BCUT2D eigenvalue weighted by atomic mass is 32.2. The number of alkyl halides is 2. The van der Waals surface area contributed by atoms with Gasteiger partial charge in [-0.05, 0) is 24.3 Å². The van der Waals surface area contributed by atoms with Crippen LogP contribution in [0, 0.1) is 0 Å². The maximum atomic E-state index is 13.3. The van der Waals surface area contributed by atoms with Crippen molar-refractivity contribution in [3.63, 3.8) is 0 Å². The van der Waals surface area contributed by atoms with Crippen molar-refractivity contribution in [2.75, 3.05) is 44.3 Å². The summed E-state index contributed by atoms with van der Waals surface area (Å²) in [6.45, 7) is 1.88. The standard InChI is InChI=1S/C18H25F2N3O6S/c1-17(19,20)29-15-4-2-14(3-5-15)22-8-10-23(11-9-22)30(26,27)18(16(24)21-25)6-12-28-13-7-18/h2-5,25H,6-13H2,1H3,(H,21,24). The molecule has 0 radical (unpaired) electrons. The average Bonchev–Trinajstić information content (AvgIpc) is 2.73. The molecule has 1 amide bonds. The van der Waals surface area contributed by atoms with E-state index in [2.05, 4.69) is 4.74 Å². The molecule has 2 heterocycles. The smallest absolute Gasteiger partial charge is 0.394 e. The lowest BCUT2D eigenvalue weighted by Gasteiger charge is -2.42. The van der Waals surface area contributed by atoms with E-state index in [0.717, 1.165) is 5.69 Å². The number of carbonyl (C=O) groups excluding carboxylic acids is 1. The molecule has 0 spiro atoms. The lowest BCUT2D eigenvalue weighted by Crippen LogP contribution is -2.62.